The van der Waals surface area contributed by atoms with Crippen molar-refractivity contribution in [3.05, 3.63) is 16.1 Å². The van der Waals surface area contributed by atoms with Crippen LogP contribution in [0.4, 0.5) is 0 Å². The molecule has 1 heterocycles. The SMILES string of the molecule is COCC(=O)NCCc1nc(C(=O)O)cs1. The molecule has 0 aliphatic carbocycles. The van der Waals surface area contributed by atoms with Crippen LogP contribution < -0.4 is 5.32 Å². The minimum absolute atomic E-state index is 0.0260. The topological polar surface area (TPSA) is 88.5 Å². The molecule has 0 aromatic carbocycles. The van der Waals surface area contributed by atoms with Crippen LogP contribution in [0.15, 0.2) is 5.38 Å². The molecule has 0 aliphatic heterocycles. The molecule has 2 N–H and O–H groups in total. The smallest absolute Gasteiger partial charge is 0.355 e. The van der Waals surface area contributed by atoms with Crippen LogP contribution >= 0.6 is 11.3 Å². The summed E-state index contributed by atoms with van der Waals surface area (Å²) < 4.78 is 4.64. The van der Waals surface area contributed by atoms with Crippen molar-refractivity contribution in [2.75, 3.05) is 20.3 Å². The van der Waals surface area contributed by atoms with Crippen LogP contribution in [-0.4, -0.2) is 42.2 Å². The Balaban J connectivity index is 2.32. The predicted molar refractivity (Wildman–Crippen MR) is 57.7 cm³/mol. The van der Waals surface area contributed by atoms with E-state index in [2.05, 4.69) is 15.0 Å². The Labute approximate surface area is 96.3 Å². The summed E-state index contributed by atoms with van der Waals surface area (Å²) in [6.45, 7) is 0.451. The number of amides is 1. The molecule has 0 bridgehead atoms. The molecule has 1 amide bonds. The molecule has 0 aliphatic rings. The normalized spacial score (nSPS) is 10.1. The molecule has 1 aromatic rings. The Morgan fingerprint density at radius 3 is 2.94 bits per heavy atom. The summed E-state index contributed by atoms with van der Waals surface area (Å²) in [5, 5.41) is 13.4. The standard InChI is InChI=1S/C9H12N2O4S/c1-15-4-7(12)10-3-2-8-11-6(5-16-8)9(13)14/h5H,2-4H2,1H3,(H,10,12)(H,13,14). The number of carbonyl (C=O) groups excluding carboxylic acids is 1. The van der Waals surface area contributed by atoms with Gasteiger partial charge in [-0.1, -0.05) is 0 Å². The van der Waals surface area contributed by atoms with Crippen molar-refractivity contribution in [3.63, 3.8) is 0 Å². The van der Waals surface area contributed by atoms with Gasteiger partial charge in [-0.05, 0) is 0 Å². The molecule has 0 spiro atoms. The lowest BCUT2D eigenvalue weighted by Gasteiger charge is -2.01. The van der Waals surface area contributed by atoms with Crippen molar-refractivity contribution in [2.45, 2.75) is 6.42 Å². The molecule has 1 aromatic heterocycles. The van der Waals surface area contributed by atoms with E-state index in [0.29, 0.717) is 18.0 Å². The van der Waals surface area contributed by atoms with Gasteiger partial charge >= 0.3 is 5.97 Å². The van der Waals surface area contributed by atoms with Gasteiger partial charge in [0.25, 0.3) is 0 Å². The maximum Gasteiger partial charge on any atom is 0.355 e. The average Bonchev–Trinajstić information content (AvgIpc) is 2.67. The first kappa shape index (κ1) is 12.6. The summed E-state index contributed by atoms with van der Waals surface area (Å²) in [6.07, 6.45) is 0.521. The average molecular weight is 244 g/mol. The highest BCUT2D eigenvalue weighted by atomic mass is 32.1. The Morgan fingerprint density at radius 1 is 1.62 bits per heavy atom. The van der Waals surface area contributed by atoms with Gasteiger partial charge in [-0.15, -0.1) is 11.3 Å². The second kappa shape index (κ2) is 6.19. The largest absolute Gasteiger partial charge is 0.476 e. The molecule has 0 fully saturated rings. The number of hydrogen-bond acceptors (Lipinski definition) is 5. The number of hydrogen-bond donors (Lipinski definition) is 2. The number of rotatable bonds is 6. The van der Waals surface area contributed by atoms with Crippen molar-refractivity contribution in [3.8, 4) is 0 Å². The summed E-state index contributed by atoms with van der Waals surface area (Å²) in [5.74, 6) is -1.23. The predicted octanol–water partition coefficient (Wildman–Crippen LogP) is 0.146. The molecule has 0 radical (unpaired) electrons. The van der Waals surface area contributed by atoms with Crippen LogP contribution in [0.3, 0.4) is 0 Å². The zero-order valence-corrected chi connectivity index (χ0v) is 9.54. The molecule has 0 saturated carbocycles. The number of thiazole rings is 1. The third kappa shape index (κ3) is 3.95. The molecule has 0 unspecified atom stereocenters. The molecular formula is C9H12N2O4S. The fourth-order valence-corrected chi connectivity index (χ4v) is 1.79. The molecule has 1 rings (SSSR count). The molecular weight excluding hydrogens is 232 g/mol. The van der Waals surface area contributed by atoms with Gasteiger partial charge in [0.2, 0.25) is 5.91 Å². The fraction of sp³-hybridized carbons (Fsp3) is 0.444. The Hall–Kier alpha value is -1.47. The van der Waals surface area contributed by atoms with E-state index in [-0.39, 0.29) is 18.2 Å². The zero-order valence-electron chi connectivity index (χ0n) is 8.73. The summed E-state index contributed by atoms with van der Waals surface area (Å²) >= 11 is 1.27. The lowest BCUT2D eigenvalue weighted by atomic mass is 10.4. The maximum absolute atomic E-state index is 11.0. The molecule has 0 saturated heterocycles. The van der Waals surface area contributed by atoms with Crippen LogP contribution in [0.25, 0.3) is 0 Å². The van der Waals surface area contributed by atoms with Gasteiger partial charge in [-0.25, -0.2) is 9.78 Å². The fourth-order valence-electron chi connectivity index (χ4n) is 1.01. The van der Waals surface area contributed by atoms with Gasteiger partial charge in [-0.2, -0.15) is 0 Å². The second-order valence-corrected chi connectivity index (χ2v) is 3.91. The number of carboxylic acid groups (broad SMARTS) is 1. The third-order valence-corrected chi connectivity index (χ3v) is 2.62. The molecule has 7 heteroatoms. The van der Waals surface area contributed by atoms with Gasteiger partial charge in [0.1, 0.15) is 6.61 Å². The lowest BCUT2D eigenvalue weighted by molar-refractivity contribution is -0.124. The minimum Gasteiger partial charge on any atom is -0.476 e. The first-order valence-corrected chi connectivity index (χ1v) is 5.44. The number of aromatic nitrogens is 1. The highest BCUT2D eigenvalue weighted by Gasteiger charge is 2.08. The van der Waals surface area contributed by atoms with E-state index in [1.54, 1.807) is 0 Å². The Kier molecular flexibility index (Phi) is 4.87. The number of carbonyl (C=O) groups is 2. The van der Waals surface area contributed by atoms with E-state index in [9.17, 15) is 9.59 Å². The van der Waals surface area contributed by atoms with Gasteiger partial charge in [0.15, 0.2) is 5.69 Å². The number of aromatic carboxylic acids is 1. The van der Waals surface area contributed by atoms with Crippen LogP contribution in [0.1, 0.15) is 15.5 Å². The molecule has 16 heavy (non-hydrogen) atoms. The summed E-state index contributed by atoms with van der Waals surface area (Å²) in [6, 6.07) is 0. The van der Waals surface area contributed by atoms with Crippen molar-refractivity contribution >= 4 is 23.2 Å². The van der Waals surface area contributed by atoms with Crippen LogP contribution in [-0.2, 0) is 16.0 Å². The number of nitrogens with one attached hydrogen (secondary N) is 1. The van der Waals surface area contributed by atoms with Crippen molar-refractivity contribution in [1.82, 2.24) is 10.3 Å². The number of methoxy groups -OCH3 is 1. The number of nitrogens with zero attached hydrogens (tertiary/aromatic N) is 1. The Morgan fingerprint density at radius 2 is 2.38 bits per heavy atom. The number of carboxylic acids is 1. The first-order valence-electron chi connectivity index (χ1n) is 4.57. The van der Waals surface area contributed by atoms with Gasteiger partial charge in [-0.3, -0.25) is 4.79 Å². The second-order valence-electron chi connectivity index (χ2n) is 2.96. The third-order valence-electron chi connectivity index (χ3n) is 1.71. The zero-order chi connectivity index (χ0) is 12.0. The van der Waals surface area contributed by atoms with Crippen molar-refractivity contribution < 1.29 is 19.4 Å². The molecule has 88 valence electrons. The molecule has 0 atom stereocenters. The van der Waals surface area contributed by atoms with Crippen molar-refractivity contribution in [1.29, 1.82) is 0 Å². The minimum atomic E-state index is -1.04. The van der Waals surface area contributed by atoms with Crippen LogP contribution in [0, 0.1) is 0 Å². The molecule has 6 nitrogen and oxygen atoms in total. The van der Waals surface area contributed by atoms with Gasteiger partial charge < -0.3 is 15.2 Å². The van der Waals surface area contributed by atoms with E-state index < -0.39 is 5.97 Å². The Bertz CT molecular complexity index is 377. The van der Waals surface area contributed by atoms with E-state index in [4.69, 9.17) is 5.11 Å². The highest BCUT2D eigenvalue weighted by Crippen LogP contribution is 2.09. The summed E-state index contributed by atoms with van der Waals surface area (Å²) in [4.78, 5) is 25.4. The number of ether oxygens (including phenoxy) is 1. The van der Waals surface area contributed by atoms with E-state index in [1.165, 1.54) is 23.8 Å². The van der Waals surface area contributed by atoms with Crippen LogP contribution in [0.5, 0.6) is 0 Å². The monoisotopic (exact) mass is 244 g/mol. The van der Waals surface area contributed by atoms with Gasteiger partial charge in [0.05, 0.1) is 5.01 Å². The summed E-state index contributed by atoms with van der Waals surface area (Å²) in [5.41, 5.74) is 0.0446. The summed E-state index contributed by atoms with van der Waals surface area (Å²) in [7, 11) is 1.44. The maximum atomic E-state index is 11.0. The van der Waals surface area contributed by atoms with E-state index in [0.717, 1.165) is 0 Å². The van der Waals surface area contributed by atoms with Crippen LogP contribution in [0.2, 0.25) is 0 Å². The van der Waals surface area contributed by atoms with Gasteiger partial charge in [0, 0.05) is 25.5 Å². The highest BCUT2D eigenvalue weighted by molar-refractivity contribution is 7.09. The quantitative estimate of drug-likeness (QED) is 0.743. The van der Waals surface area contributed by atoms with E-state index in [1.807, 2.05) is 0 Å². The first-order chi connectivity index (χ1) is 7.63. The lowest BCUT2D eigenvalue weighted by Crippen LogP contribution is -2.28. The van der Waals surface area contributed by atoms with E-state index >= 15 is 0 Å². The van der Waals surface area contributed by atoms with Crippen molar-refractivity contribution in [2.24, 2.45) is 0 Å².